The second kappa shape index (κ2) is 8.02. The zero-order chi connectivity index (χ0) is 20.5. The van der Waals surface area contributed by atoms with E-state index in [0.717, 1.165) is 0 Å². The quantitative estimate of drug-likeness (QED) is 0.345. The molecule has 148 valence electrons. The first kappa shape index (κ1) is 19.7. The van der Waals surface area contributed by atoms with Crippen LogP contribution in [0.5, 0.6) is 0 Å². The van der Waals surface area contributed by atoms with Gasteiger partial charge >= 0.3 is 0 Å². The van der Waals surface area contributed by atoms with Crippen molar-refractivity contribution >= 4 is 35.0 Å². The van der Waals surface area contributed by atoms with E-state index in [1.807, 2.05) is 0 Å². The van der Waals surface area contributed by atoms with Crippen LogP contribution in [0.25, 0.3) is 22.8 Å². The number of nitrogen functional groups attached to an aromatic ring is 1. The molecule has 0 fully saturated rings. The molecule has 0 unspecified atom stereocenters. The van der Waals surface area contributed by atoms with Crippen LogP contribution < -0.4 is 5.84 Å². The van der Waals surface area contributed by atoms with Crippen LogP contribution in [-0.2, 0) is 5.75 Å². The van der Waals surface area contributed by atoms with Crippen molar-refractivity contribution < 1.29 is 8.91 Å². The lowest BCUT2D eigenvalue weighted by molar-refractivity contribution is 0.391. The van der Waals surface area contributed by atoms with Crippen LogP contribution >= 0.6 is 35.0 Å². The highest BCUT2D eigenvalue weighted by Gasteiger charge is 2.17. The lowest BCUT2D eigenvalue weighted by Gasteiger charge is -2.05. The summed E-state index contributed by atoms with van der Waals surface area (Å²) in [5.74, 6) is 7.14. The van der Waals surface area contributed by atoms with Crippen molar-refractivity contribution in [2.45, 2.75) is 17.8 Å². The summed E-state index contributed by atoms with van der Waals surface area (Å²) in [7, 11) is 0. The minimum Gasteiger partial charge on any atom is -0.338 e. The average Bonchev–Trinajstić information content (AvgIpc) is 3.30. The van der Waals surface area contributed by atoms with Gasteiger partial charge in [-0.05, 0) is 36.8 Å². The number of thioether (sulfide) groups is 1. The third-order valence-electron chi connectivity index (χ3n) is 4.06. The molecule has 2 aromatic heterocycles. The molecule has 0 amide bonds. The second-order valence-electron chi connectivity index (χ2n) is 6.06. The highest BCUT2D eigenvalue weighted by atomic mass is 35.5. The molecule has 0 bridgehead atoms. The maximum Gasteiger partial charge on any atom is 0.237 e. The summed E-state index contributed by atoms with van der Waals surface area (Å²) in [4.78, 5) is 4.29. The Morgan fingerprint density at radius 2 is 2.00 bits per heavy atom. The summed E-state index contributed by atoms with van der Waals surface area (Å²) < 4.78 is 20.3. The Morgan fingerprint density at radius 3 is 2.76 bits per heavy atom. The van der Waals surface area contributed by atoms with Gasteiger partial charge in [0.05, 0.1) is 10.8 Å². The van der Waals surface area contributed by atoms with Crippen LogP contribution in [0.15, 0.2) is 46.1 Å². The number of nitrogens with zero attached hydrogens (tertiary/aromatic N) is 5. The van der Waals surface area contributed by atoms with Gasteiger partial charge in [0.2, 0.25) is 16.9 Å². The Kier molecular flexibility index (Phi) is 5.44. The molecular formula is C18H13Cl2FN6OS. The normalized spacial score (nSPS) is 11.2. The molecule has 0 atom stereocenters. The van der Waals surface area contributed by atoms with E-state index in [0.29, 0.717) is 55.2 Å². The summed E-state index contributed by atoms with van der Waals surface area (Å²) in [5, 5.41) is 13.4. The van der Waals surface area contributed by atoms with Gasteiger partial charge in [-0.3, -0.25) is 0 Å². The molecule has 0 radical (unpaired) electrons. The molecule has 0 saturated heterocycles. The molecule has 4 rings (SSSR count). The number of hydrogen-bond acceptors (Lipinski definition) is 7. The monoisotopic (exact) mass is 450 g/mol. The van der Waals surface area contributed by atoms with Crippen LogP contribution in [0.3, 0.4) is 0 Å². The van der Waals surface area contributed by atoms with E-state index in [2.05, 4.69) is 20.3 Å². The highest BCUT2D eigenvalue weighted by Crippen LogP contribution is 2.31. The smallest absolute Gasteiger partial charge is 0.237 e. The van der Waals surface area contributed by atoms with Gasteiger partial charge in [-0.25, -0.2) is 9.07 Å². The Morgan fingerprint density at radius 1 is 1.17 bits per heavy atom. The third-order valence-corrected chi connectivity index (χ3v) is 5.54. The number of benzene rings is 2. The summed E-state index contributed by atoms with van der Waals surface area (Å²) in [6, 6.07) is 9.79. The first-order valence-electron chi connectivity index (χ1n) is 8.30. The first-order valence-corrected chi connectivity index (χ1v) is 10.0. The van der Waals surface area contributed by atoms with E-state index >= 15 is 0 Å². The Bertz CT molecular complexity index is 1200. The molecule has 0 aliphatic carbocycles. The zero-order valence-corrected chi connectivity index (χ0v) is 17.3. The molecule has 4 aromatic rings. The van der Waals surface area contributed by atoms with Gasteiger partial charge in [0, 0.05) is 16.1 Å². The van der Waals surface area contributed by atoms with Gasteiger partial charge < -0.3 is 10.4 Å². The molecule has 2 aromatic carbocycles. The van der Waals surface area contributed by atoms with E-state index in [-0.39, 0.29) is 5.82 Å². The number of rotatable bonds is 5. The fraction of sp³-hybridized carbons (Fsp3) is 0.111. The molecule has 29 heavy (non-hydrogen) atoms. The first-order chi connectivity index (χ1) is 13.9. The minimum atomic E-state index is -0.326. The molecule has 11 heteroatoms. The SMILES string of the molecule is Cc1ccc(-c2noc(CSc3nnc(-c4ccc(Cl)cc4Cl)n3N)n2)cc1F. The van der Waals surface area contributed by atoms with Gasteiger partial charge in [0.15, 0.2) is 5.82 Å². The van der Waals surface area contributed by atoms with E-state index in [1.165, 1.54) is 22.5 Å². The van der Waals surface area contributed by atoms with Crippen LogP contribution in [0.2, 0.25) is 10.0 Å². The fourth-order valence-electron chi connectivity index (χ4n) is 2.52. The Labute approximate surface area is 179 Å². The van der Waals surface area contributed by atoms with Crippen molar-refractivity contribution in [1.29, 1.82) is 0 Å². The number of aryl methyl sites for hydroxylation is 1. The van der Waals surface area contributed by atoms with Crippen molar-refractivity contribution in [2.75, 3.05) is 5.84 Å². The molecule has 2 heterocycles. The van der Waals surface area contributed by atoms with E-state index in [9.17, 15) is 4.39 Å². The molecule has 2 N–H and O–H groups in total. The maximum absolute atomic E-state index is 13.7. The standard InChI is InChI=1S/C18H13Cl2FN6OS/c1-9-2-3-10(6-14(9)21)16-23-15(28-26-16)8-29-18-25-24-17(27(18)22)12-5-4-11(19)7-13(12)20/h2-7H,8,22H2,1H3. The van der Waals surface area contributed by atoms with Gasteiger partial charge in [-0.2, -0.15) is 4.98 Å². The number of aromatic nitrogens is 5. The van der Waals surface area contributed by atoms with Crippen molar-refractivity contribution in [2.24, 2.45) is 0 Å². The third kappa shape index (κ3) is 4.07. The Balaban J connectivity index is 1.49. The van der Waals surface area contributed by atoms with Crippen molar-refractivity contribution in [3.05, 3.63) is 63.7 Å². The second-order valence-corrected chi connectivity index (χ2v) is 7.85. The van der Waals surface area contributed by atoms with Crippen LogP contribution in [0.1, 0.15) is 11.5 Å². The molecule has 0 saturated carbocycles. The molecule has 0 spiro atoms. The number of hydrogen-bond donors (Lipinski definition) is 1. The van der Waals surface area contributed by atoms with E-state index in [1.54, 1.807) is 37.3 Å². The molecule has 0 aliphatic rings. The Hall–Kier alpha value is -2.62. The van der Waals surface area contributed by atoms with Crippen molar-refractivity contribution in [3.8, 4) is 22.8 Å². The van der Waals surface area contributed by atoms with Crippen molar-refractivity contribution in [1.82, 2.24) is 25.0 Å². The van der Waals surface area contributed by atoms with E-state index < -0.39 is 0 Å². The van der Waals surface area contributed by atoms with Crippen LogP contribution in [0, 0.1) is 12.7 Å². The van der Waals surface area contributed by atoms with Gasteiger partial charge in [-0.15, -0.1) is 10.2 Å². The molecular weight excluding hydrogens is 438 g/mol. The van der Waals surface area contributed by atoms with Crippen LogP contribution in [-0.4, -0.2) is 25.0 Å². The molecule has 0 aliphatic heterocycles. The summed E-state index contributed by atoms with van der Waals surface area (Å²) >= 11 is 13.4. The fourth-order valence-corrected chi connectivity index (χ4v) is 3.71. The summed E-state index contributed by atoms with van der Waals surface area (Å²) in [6.07, 6.45) is 0. The molecule has 7 nitrogen and oxygen atoms in total. The van der Waals surface area contributed by atoms with E-state index in [4.69, 9.17) is 33.6 Å². The average molecular weight is 451 g/mol. The van der Waals surface area contributed by atoms with Gasteiger partial charge in [-0.1, -0.05) is 52.3 Å². The summed E-state index contributed by atoms with van der Waals surface area (Å²) in [5.41, 5.74) is 1.70. The predicted molar refractivity (Wildman–Crippen MR) is 110 cm³/mol. The summed E-state index contributed by atoms with van der Waals surface area (Å²) in [6.45, 7) is 1.69. The highest BCUT2D eigenvalue weighted by molar-refractivity contribution is 7.98. The minimum absolute atomic E-state index is 0.308. The lowest BCUT2D eigenvalue weighted by Crippen LogP contribution is -2.11. The van der Waals surface area contributed by atoms with Gasteiger partial charge in [0.25, 0.3) is 0 Å². The van der Waals surface area contributed by atoms with Crippen molar-refractivity contribution in [3.63, 3.8) is 0 Å². The maximum atomic E-state index is 13.7. The topological polar surface area (TPSA) is 95.7 Å². The number of halogens is 3. The zero-order valence-electron chi connectivity index (χ0n) is 14.9. The lowest BCUT2D eigenvalue weighted by atomic mass is 10.1. The number of nitrogens with two attached hydrogens (primary N) is 1. The van der Waals surface area contributed by atoms with Crippen LogP contribution in [0.4, 0.5) is 4.39 Å². The predicted octanol–water partition coefficient (Wildman–Crippen LogP) is 4.76. The van der Waals surface area contributed by atoms with Gasteiger partial charge in [0.1, 0.15) is 5.82 Å². The largest absolute Gasteiger partial charge is 0.338 e.